The van der Waals surface area contributed by atoms with Crippen LogP contribution in [0.3, 0.4) is 0 Å². The molecule has 1 aromatic heterocycles. The molecule has 4 heteroatoms. The van der Waals surface area contributed by atoms with E-state index in [0.717, 1.165) is 11.5 Å². The summed E-state index contributed by atoms with van der Waals surface area (Å²) in [6.07, 6.45) is 2.44. The molecular weight excluding hydrogens is 236 g/mol. The Balaban J connectivity index is 1.89. The maximum Gasteiger partial charge on any atom is 0.206 e. The minimum atomic E-state index is 0.603. The molecule has 1 aliphatic heterocycles. The highest BCUT2D eigenvalue weighted by atomic mass is 15.3. The zero-order valence-electron chi connectivity index (χ0n) is 12.0. The average molecular weight is 258 g/mol. The van der Waals surface area contributed by atoms with Gasteiger partial charge in [0.05, 0.1) is 11.0 Å². The maximum absolute atomic E-state index is 4.78. The van der Waals surface area contributed by atoms with Crippen molar-refractivity contribution in [2.75, 3.05) is 32.1 Å². The van der Waals surface area contributed by atoms with Gasteiger partial charge in [-0.05, 0) is 45.1 Å². The second-order valence-electron chi connectivity index (χ2n) is 5.60. The lowest BCUT2D eigenvalue weighted by Crippen LogP contribution is -2.42. The van der Waals surface area contributed by atoms with Crippen molar-refractivity contribution in [1.82, 2.24) is 14.5 Å². The number of aromatic nitrogens is 2. The zero-order chi connectivity index (χ0) is 13.4. The number of para-hydroxylation sites is 2. The van der Waals surface area contributed by atoms with Crippen LogP contribution in [-0.4, -0.2) is 47.7 Å². The third kappa shape index (κ3) is 2.21. The minimum Gasteiger partial charge on any atom is -0.342 e. The zero-order valence-corrected chi connectivity index (χ0v) is 12.0. The van der Waals surface area contributed by atoms with Crippen molar-refractivity contribution in [2.24, 2.45) is 7.05 Å². The second-order valence-corrected chi connectivity index (χ2v) is 5.60. The van der Waals surface area contributed by atoms with E-state index in [1.54, 1.807) is 0 Å². The number of hydrogen-bond acceptors (Lipinski definition) is 3. The van der Waals surface area contributed by atoms with Crippen LogP contribution in [0.15, 0.2) is 24.3 Å². The van der Waals surface area contributed by atoms with Gasteiger partial charge in [-0.1, -0.05) is 12.1 Å². The van der Waals surface area contributed by atoms with Crippen LogP contribution in [0.5, 0.6) is 0 Å². The number of fused-ring (bicyclic) bond motifs is 1. The molecule has 0 atom stereocenters. The van der Waals surface area contributed by atoms with E-state index in [-0.39, 0.29) is 0 Å². The van der Waals surface area contributed by atoms with Crippen LogP contribution in [0.1, 0.15) is 12.8 Å². The Morgan fingerprint density at radius 1 is 1.16 bits per heavy atom. The van der Waals surface area contributed by atoms with Crippen LogP contribution < -0.4 is 4.90 Å². The molecule has 0 amide bonds. The summed E-state index contributed by atoms with van der Waals surface area (Å²) in [5.41, 5.74) is 2.29. The van der Waals surface area contributed by atoms with Gasteiger partial charge in [-0.15, -0.1) is 0 Å². The lowest BCUT2D eigenvalue weighted by Gasteiger charge is -2.35. The fraction of sp³-hybridized carbons (Fsp3) is 0.533. The Labute approximate surface area is 114 Å². The van der Waals surface area contributed by atoms with Crippen LogP contribution in [0.4, 0.5) is 5.95 Å². The number of likely N-dealkylation sites (tertiary alicyclic amines) is 1. The van der Waals surface area contributed by atoms with Crippen LogP contribution >= 0.6 is 0 Å². The molecule has 3 rings (SSSR count). The summed E-state index contributed by atoms with van der Waals surface area (Å²) >= 11 is 0. The molecule has 0 aliphatic carbocycles. The van der Waals surface area contributed by atoms with Crippen LogP contribution in [0, 0.1) is 0 Å². The fourth-order valence-electron chi connectivity index (χ4n) is 2.99. The highest BCUT2D eigenvalue weighted by molar-refractivity contribution is 5.78. The van der Waals surface area contributed by atoms with E-state index in [1.807, 2.05) is 0 Å². The third-order valence-electron chi connectivity index (χ3n) is 4.31. The van der Waals surface area contributed by atoms with Gasteiger partial charge >= 0.3 is 0 Å². The van der Waals surface area contributed by atoms with Gasteiger partial charge in [0, 0.05) is 20.1 Å². The number of piperidine rings is 1. The second kappa shape index (κ2) is 4.85. The van der Waals surface area contributed by atoms with E-state index in [0.29, 0.717) is 6.04 Å². The molecule has 0 unspecified atom stereocenters. The standard InChI is InChI=1S/C15H22N4/c1-17-10-8-12(9-11-17)18(2)15-16-13-6-4-5-7-14(13)19(15)3/h4-7,12H,8-11H2,1-3H3. The third-order valence-corrected chi connectivity index (χ3v) is 4.31. The molecule has 0 N–H and O–H groups in total. The summed E-state index contributed by atoms with van der Waals surface area (Å²) in [5.74, 6) is 1.08. The van der Waals surface area contributed by atoms with E-state index in [4.69, 9.17) is 4.98 Å². The van der Waals surface area contributed by atoms with E-state index in [1.165, 1.54) is 31.4 Å². The Hall–Kier alpha value is -1.55. The molecule has 1 fully saturated rings. The van der Waals surface area contributed by atoms with Gasteiger partial charge in [0.25, 0.3) is 0 Å². The first-order valence-electron chi connectivity index (χ1n) is 6.99. The van der Waals surface area contributed by atoms with Crippen LogP contribution in [0.2, 0.25) is 0 Å². The van der Waals surface area contributed by atoms with Crippen molar-refractivity contribution in [3.8, 4) is 0 Å². The van der Waals surface area contributed by atoms with Crippen molar-refractivity contribution < 1.29 is 0 Å². The van der Waals surface area contributed by atoms with E-state index >= 15 is 0 Å². The molecule has 0 radical (unpaired) electrons. The lowest BCUT2D eigenvalue weighted by molar-refractivity contribution is 0.252. The average Bonchev–Trinajstić information content (AvgIpc) is 2.77. The number of nitrogens with zero attached hydrogens (tertiary/aromatic N) is 4. The monoisotopic (exact) mass is 258 g/mol. The molecule has 0 bridgehead atoms. The van der Waals surface area contributed by atoms with Crippen molar-refractivity contribution in [3.63, 3.8) is 0 Å². The van der Waals surface area contributed by atoms with Gasteiger partial charge in [0.2, 0.25) is 5.95 Å². The van der Waals surface area contributed by atoms with E-state index < -0.39 is 0 Å². The highest BCUT2D eigenvalue weighted by Gasteiger charge is 2.23. The number of benzene rings is 1. The molecule has 2 heterocycles. The smallest absolute Gasteiger partial charge is 0.206 e. The van der Waals surface area contributed by atoms with Gasteiger partial charge in [-0.3, -0.25) is 0 Å². The summed E-state index contributed by atoms with van der Waals surface area (Å²) in [6, 6.07) is 8.94. The summed E-state index contributed by atoms with van der Waals surface area (Å²) in [7, 11) is 6.48. The predicted octanol–water partition coefficient (Wildman–Crippen LogP) is 2.10. The molecule has 1 aliphatic rings. The summed E-state index contributed by atoms with van der Waals surface area (Å²) in [5, 5.41) is 0. The Morgan fingerprint density at radius 3 is 2.53 bits per heavy atom. The van der Waals surface area contributed by atoms with E-state index in [9.17, 15) is 0 Å². The molecule has 0 spiro atoms. The number of aryl methyl sites for hydroxylation is 1. The molecule has 0 saturated carbocycles. The lowest BCUT2D eigenvalue weighted by atomic mass is 10.0. The molecule has 4 nitrogen and oxygen atoms in total. The van der Waals surface area contributed by atoms with Gasteiger partial charge in [0.1, 0.15) is 0 Å². The Kier molecular flexibility index (Phi) is 3.19. The first kappa shape index (κ1) is 12.5. The van der Waals surface area contributed by atoms with Crippen molar-refractivity contribution >= 4 is 17.0 Å². The topological polar surface area (TPSA) is 24.3 Å². The van der Waals surface area contributed by atoms with Crippen molar-refractivity contribution in [1.29, 1.82) is 0 Å². The van der Waals surface area contributed by atoms with E-state index in [2.05, 4.69) is 59.8 Å². The normalized spacial score (nSPS) is 18.1. The van der Waals surface area contributed by atoms with Crippen molar-refractivity contribution in [3.05, 3.63) is 24.3 Å². The maximum atomic E-state index is 4.78. The Morgan fingerprint density at radius 2 is 1.84 bits per heavy atom. The SMILES string of the molecule is CN1CCC(N(C)c2nc3ccccc3n2C)CC1. The molecule has 1 aromatic carbocycles. The fourth-order valence-corrected chi connectivity index (χ4v) is 2.99. The molecular formula is C15H22N4. The number of anilines is 1. The first-order chi connectivity index (χ1) is 9.16. The molecule has 2 aromatic rings. The number of imidazole rings is 1. The molecule has 19 heavy (non-hydrogen) atoms. The first-order valence-corrected chi connectivity index (χ1v) is 6.99. The molecule has 102 valence electrons. The predicted molar refractivity (Wildman–Crippen MR) is 79.6 cm³/mol. The summed E-state index contributed by atoms with van der Waals surface area (Å²) in [6.45, 7) is 2.36. The van der Waals surface area contributed by atoms with Gasteiger partial charge in [-0.25, -0.2) is 4.98 Å². The largest absolute Gasteiger partial charge is 0.342 e. The van der Waals surface area contributed by atoms with Crippen molar-refractivity contribution in [2.45, 2.75) is 18.9 Å². The number of hydrogen-bond donors (Lipinski definition) is 0. The molecule has 1 saturated heterocycles. The van der Waals surface area contributed by atoms with Crippen LogP contribution in [-0.2, 0) is 7.05 Å². The Bertz CT molecular complexity index is 567. The number of rotatable bonds is 2. The van der Waals surface area contributed by atoms with Gasteiger partial charge in [-0.2, -0.15) is 0 Å². The van der Waals surface area contributed by atoms with Gasteiger partial charge in [0.15, 0.2) is 0 Å². The minimum absolute atomic E-state index is 0.603. The van der Waals surface area contributed by atoms with Gasteiger partial charge < -0.3 is 14.4 Å². The quantitative estimate of drug-likeness (QED) is 0.824. The summed E-state index contributed by atoms with van der Waals surface area (Å²) in [4.78, 5) is 9.54. The highest BCUT2D eigenvalue weighted by Crippen LogP contribution is 2.24. The van der Waals surface area contributed by atoms with Crippen LogP contribution in [0.25, 0.3) is 11.0 Å². The summed E-state index contributed by atoms with van der Waals surface area (Å²) < 4.78 is 2.20.